The minimum atomic E-state index is -3.88. The first kappa shape index (κ1) is 25.1. The van der Waals surface area contributed by atoms with Crippen LogP contribution in [0.25, 0.3) is 0 Å². The van der Waals surface area contributed by atoms with Gasteiger partial charge in [-0.2, -0.15) is 0 Å². The molecule has 1 fully saturated rings. The van der Waals surface area contributed by atoms with Gasteiger partial charge in [0.2, 0.25) is 10.0 Å². The number of hydrogen-bond acceptors (Lipinski definition) is 5. The highest BCUT2D eigenvalue weighted by Crippen LogP contribution is 2.29. The summed E-state index contributed by atoms with van der Waals surface area (Å²) in [5, 5.41) is 0. The number of aryl methyl sites for hydroxylation is 1. The Kier molecular flexibility index (Phi) is 8.02. The maximum atomic E-state index is 13.3. The van der Waals surface area contributed by atoms with Crippen LogP contribution in [0.15, 0.2) is 41.3 Å². The van der Waals surface area contributed by atoms with Crippen LogP contribution >= 0.6 is 0 Å². The van der Waals surface area contributed by atoms with Gasteiger partial charge in [-0.1, -0.05) is 26.0 Å². The number of carbonyl (C=O) groups excluding carboxylic acids is 1. The lowest BCUT2D eigenvalue weighted by atomic mass is 9.98. The van der Waals surface area contributed by atoms with Gasteiger partial charge in [0.25, 0.3) is 5.91 Å². The molecular weight excluding hydrogens is 440 g/mol. The summed E-state index contributed by atoms with van der Waals surface area (Å²) in [6, 6.07) is 9.66. The molecule has 2 aromatic rings. The molecule has 0 bridgehead atoms. The fraction of sp³-hybridized carbons (Fsp3) is 0.480. The maximum Gasteiger partial charge on any atom is 0.257 e. The van der Waals surface area contributed by atoms with Crippen LogP contribution in [0.4, 0.5) is 0 Å². The van der Waals surface area contributed by atoms with Gasteiger partial charge in [0.1, 0.15) is 11.5 Å². The van der Waals surface area contributed by atoms with E-state index in [-0.39, 0.29) is 16.4 Å². The van der Waals surface area contributed by atoms with Gasteiger partial charge in [0.05, 0.1) is 24.7 Å². The summed E-state index contributed by atoms with van der Waals surface area (Å²) in [6.45, 7) is 7.34. The third-order valence-electron chi connectivity index (χ3n) is 6.31. The molecule has 0 aliphatic carbocycles. The maximum absolute atomic E-state index is 13.3. The SMILES string of the molecule is CCC(NS(=O)(=O)c1ccc(OC)c(C(=O)N2CCC(C)CC2)c1)c1ccc(OC)c(C)c1. The summed E-state index contributed by atoms with van der Waals surface area (Å²) in [5.74, 6) is 1.50. The van der Waals surface area contributed by atoms with Crippen molar-refractivity contribution in [2.75, 3.05) is 27.3 Å². The molecular formula is C25H34N2O5S. The minimum absolute atomic E-state index is 0.0423. The zero-order valence-corrected chi connectivity index (χ0v) is 20.9. The molecule has 1 amide bonds. The van der Waals surface area contributed by atoms with E-state index in [0.717, 1.165) is 29.7 Å². The Bertz CT molecular complexity index is 1090. The highest BCUT2D eigenvalue weighted by atomic mass is 32.2. The highest BCUT2D eigenvalue weighted by Gasteiger charge is 2.27. The van der Waals surface area contributed by atoms with E-state index in [9.17, 15) is 13.2 Å². The summed E-state index contributed by atoms with van der Waals surface area (Å²) in [6.07, 6.45) is 2.44. The molecule has 3 rings (SSSR count). The predicted molar refractivity (Wildman–Crippen MR) is 128 cm³/mol. The summed E-state index contributed by atoms with van der Waals surface area (Å²) in [7, 11) is -0.788. The Hall–Kier alpha value is -2.58. The van der Waals surface area contributed by atoms with Crippen molar-refractivity contribution in [3.63, 3.8) is 0 Å². The van der Waals surface area contributed by atoms with Crippen molar-refractivity contribution in [2.24, 2.45) is 5.92 Å². The van der Waals surface area contributed by atoms with Crippen molar-refractivity contribution in [3.05, 3.63) is 53.1 Å². The van der Waals surface area contributed by atoms with Crippen LogP contribution in [-0.4, -0.2) is 46.5 Å². The van der Waals surface area contributed by atoms with Gasteiger partial charge in [-0.3, -0.25) is 4.79 Å². The van der Waals surface area contributed by atoms with Gasteiger partial charge < -0.3 is 14.4 Å². The number of ether oxygens (including phenoxy) is 2. The molecule has 2 aromatic carbocycles. The van der Waals surface area contributed by atoms with Crippen LogP contribution in [0, 0.1) is 12.8 Å². The molecule has 33 heavy (non-hydrogen) atoms. The van der Waals surface area contributed by atoms with E-state index in [0.29, 0.717) is 31.2 Å². The summed E-state index contributed by atoms with van der Waals surface area (Å²) in [5.41, 5.74) is 2.05. The van der Waals surface area contributed by atoms with E-state index in [1.165, 1.54) is 19.2 Å². The van der Waals surface area contributed by atoms with Gasteiger partial charge in [-0.25, -0.2) is 13.1 Å². The first-order valence-corrected chi connectivity index (χ1v) is 12.8. The molecule has 0 radical (unpaired) electrons. The Morgan fingerprint density at radius 1 is 1.09 bits per heavy atom. The number of sulfonamides is 1. The first-order valence-electron chi connectivity index (χ1n) is 11.3. The largest absolute Gasteiger partial charge is 0.496 e. The minimum Gasteiger partial charge on any atom is -0.496 e. The predicted octanol–water partition coefficient (Wildman–Crippen LogP) is 4.31. The molecule has 1 atom stereocenters. The number of hydrogen-bond donors (Lipinski definition) is 1. The van der Waals surface area contributed by atoms with E-state index in [1.54, 1.807) is 18.1 Å². The number of benzene rings is 2. The van der Waals surface area contributed by atoms with E-state index >= 15 is 0 Å². The highest BCUT2D eigenvalue weighted by molar-refractivity contribution is 7.89. The normalized spacial score (nSPS) is 15.8. The fourth-order valence-electron chi connectivity index (χ4n) is 4.16. The number of rotatable bonds is 8. The molecule has 1 N–H and O–H groups in total. The van der Waals surface area contributed by atoms with E-state index < -0.39 is 16.1 Å². The smallest absolute Gasteiger partial charge is 0.257 e. The Morgan fingerprint density at radius 3 is 2.30 bits per heavy atom. The molecule has 8 heteroatoms. The number of nitrogens with one attached hydrogen (secondary N) is 1. The van der Waals surface area contributed by atoms with Crippen LogP contribution in [0.1, 0.15) is 60.6 Å². The zero-order chi connectivity index (χ0) is 24.2. The Balaban J connectivity index is 1.88. The van der Waals surface area contributed by atoms with Crippen LogP contribution in [0.2, 0.25) is 0 Å². The summed E-state index contributed by atoms with van der Waals surface area (Å²) >= 11 is 0. The van der Waals surface area contributed by atoms with Crippen molar-refractivity contribution >= 4 is 15.9 Å². The number of piperidine rings is 1. The van der Waals surface area contributed by atoms with Gasteiger partial charge in [-0.05, 0) is 67.5 Å². The monoisotopic (exact) mass is 474 g/mol. The fourth-order valence-corrected chi connectivity index (χ4v) is 5.50. The van der Waals surface area contributed by atoms with Crippen molar-refractivity contribution in [2.45, 2.75) is 51.0 Å². The number of likely N-dealkylation sites (tertiary alicyclic amines) is 1. The molecule has 0 saturated carbocycles. The summed E-state index contributed by atoms with van der Waals surface area (Å²) < 4.78 is 40.0. The number of methoxy groups -OCH3 is 2. The molecule has 7 nitrogen and oxygen atoms in total. The van der Waals surface area contributed by atoms with E-state index in [4.69, 9.17) is 9.47 Å². The number of amides is 1. The van der Waals surface area contributed by atoms with Crippen LogP contribution in [0.3, 0.4) is 0 Å². The molecule has 1 saturated heterocycles. The van der Waals surface area contributed by atoms with Crippen LogP contribution < -0.4 is 14.2 Å². The summed E-state index contributed by atoms with van der Waals surface area (Å²) in [4.78, 5) is 15.0. The van der Waals surface area contributed by atoms with Crippen molar-refractivity contribution in [1.82, 2.24) is 9.62 Å². The number of carbonyl (C=O) groups is 1. The zero-order valence-electron chi connectivity index (χ0n) is 20.1. The standard InChI is InChI=1S/C25H34N2O5S/c1-6-22(19-7-9-23(31-4)18(3)15-19)26-33(29,30)20-8-10-24(32-5)21(16-20)25(28)27-13-11-17(2)12-14-27/h7-10,15-17,22,26H,6,11-14H2,1-5H3. The van der Waals surface area contributed by atoms with Gasteiger partial charge in [-0.15, -0.1) is 0 Å². The lowest BCUT2D eigenvalue weighted by Crippen LogP contribution is -2.38. The third-order valence-corrected chi connectivity index (χ3v) is 7.78. The molecule has 180 valence electrons. The van der Waals surface area contributed by atoms with E-state index in [1.807, 2.05) is 32.0 Å². The van der Waals surface area contributed by atoms with Gasteiger partial charge in [0, 0.05) is 19.1 Å². The topological polar surface area (TPSA) is 84.9 Å². The van der Waals surface area contributed by atoms with E-state index in [2.05, 4.69) is 11.6 Å². The van der Waals surface area contributed by atoms with Crippen molar-refractivity contribution < 1.29 is 22.7 Å². The average Bonchev–Trinajstić information content (AvgIpc) is 2.82. The number of nitrogens with zero attached hydrogens (tertiary/aromatic N) is 1. The molecule has 0 aromatic heterocycles. The average molecular weight is 475 g/mol. The Labute approximate surface area is 197 Å². The van der Waals surface area contributed by atoms with Crippen molar-refractivity contribution in [1.29, 1.82) is 0 Å². The third kappa shape index (κ3) is 5.68. The van der Waals surface area contributed by atoms with Crippen molar-refractivity contribution in [3.8, 4) is 11.5 Å². The molecule has 1 unspecified atom stereocenters. The molecule has 1 heterocycles. The quantitative estimate of drug-likeness (QED) is 0.616. The van der Waals surface area contributed by atoms with Gasteiger partial charge >= 0.3 is 0 Å². The second kappa shape index (κ2) is 10.6. The van der Waals surface area contributed by atoms with Gasteiger partial charge in [0.15, 0.2) is 0 Å². The second-order valence-corrected chi connectivity index (χ2v) is 10.4. The second-order valence-electron chi connectivity index (χ2n) is 8.65. The first-order chi connectivity index (χ1) is 15.7. The molecule has 1 aliphatic heterocycles. The van der Waals surface area contributed by atoms with Crippen LogP contribution in [-0.2, 0) is 10.0 Å². The lowest BCUT2D eigenvalue weighted by Gasteiger charge is -2.30. The Morgan fingerprint density at radius 2 is 1.73 bits per heavy atom. The van der Waals surface area contributed by atoms with Crippen LogP contribution in [0.5, 0.6) is 11.5 Å². The lowest BCUT2D eigenvalue weighted by molar-refractivity contribution is 0.0693. The molecule has 1 aliphatic rings. The molecule has 0 spiro atoms.